The topological polar surface area (TPSA) is 55.1 Å². The Labute approximate surface area is 106 Å². The molecule has 0 aliphatic carbocycles. The van der Waals surface area contributed by atoms with Gasteiger partial charge in [-0.3, -0.25) is 4.79 Å². The maximum absolute atomic E-state index is 12.5. The molecule has 0 radical (unpaired) electrons. The predicted octanol–water partition coefficient (Wildman–Crippen LogP) is 1.23. The maximum atomic E-state index is 12.5. The van der Waals surface area contributed by atoms with Crippen molar-refractivity contribution in [3.63, 3.8) is 0 Å². The molecule has 0 bridgehead atoms. The van der Waals surface area contributed by atoms with Crippen LogP contribution in [0.2, 0.25) is 0 Å². The van der Waals surface area contributed by atoms with Crippen LogP contribution in [0.15, 0.2) is 0 Å². The zero-order valence-electron chi connectivity index (χ0n) is 9.34. The van der Waals surface area contributed by atoms with Crippen LogP contribution in [0.4, 0.5) is 13.2 Å². The number of hydrogen-bond acceptors (Lipinski definition) is 4. The predicted molar refractivity (Wildman–Crippen MR) is 65.2 cm³/mol. The molecule has 0 spiro atoms. The number of carbonyl (C=O) groups excluding carboxylic acids is 1. The second-order valence-corrected chi connectivity index (χ2v) is 6.54. The minimum Gasteiger partial charge on any atom is -0.353 e. The molecule has 3 nitrogen and oxygen atoms in total. The van der Waals surface area contributed by atoms with Crippen molar-refractivity contribution in [2.24, 2.45) is 5.73 Å². The van der Waals surface area contributed by atoms with Gasteiger partial charge in [-0.1, -0.05) is 0 Å². The number of carbonyl (C=O) groups is 1. The first-order valence-electron chi connectivity index (χ1n) is 5.08. The molecule has 3 N–H and O–H groups in total. The van der Waals surface area contributed by atoms with Crippen molar-refractivity contribution in [3.05, 3.63) is 0 Å². The summed E-state index contributed by atoms with van der Waals surface area (Å²) in [6.07, 6.45) is -4.73. The lowest BCUT2D eigenvalue weighted by molar-refractivity contribution is -0.187. The SMILES string of the molecule is CC(N)(C(=O)NCC1CSCCS1)C(F)(F)F. The van der Waals surface area contributed by atoms with Gasteiger partial charge in [0.05, 0.1) is 0 Å². The summed E-state index contributed by atoms with van der Waals surface area (Å²) >= 11 is 3.41. The molecule has 1 amide bonds. The van der Waals surface area contributed by atoms with Crippen molar-refractivity contribution in [2.45, 2.75) is 23.9 Å². The van der Waals surface area contributed by atoms with E-state index in [1.807, 2.05) is 0 Å². The Bertz CT molecular complexity index is 278. The van der Waals surface area contributed by atoms with E-state index in [2.05, 4.69) is 5.32 Å². The van der Waals surface area contributed by atoms with E-state index in [1.54, 1.807) is 23.5 Å². The van der Waals surface area contributed by atoms with E-state index in [4.69, 9.17) is 5.73 Å². The van der Waals surface area contributed by atoms with Crippen molar-refractivity contribution in [1.29, 1.82) is 0 Å². The molecule has 1 aliphatic rings. The fraction of sp³-hybridized carbons (Fsp3) is 0.889. The number of halogens is 3. The highest BCUT2D eigenvalue weighted by atomic mass is 32.2. The van der Waals surface area contributed by atoms with Gasteiger partial charge in [0.1, 0.15) is 0 Å². The molecule has 2 atom stereocenters. The molecule has 1 fully saturated rings. The van der Waals surface area contributed by atoms with Crippen LogP contribution in [0, 0.1) is 0 Å². The van der Waals surface area contributed by atoms with Crippen molar-refractivity contribution < 1.29 is 18.0 Å². The molecular formula is C9H15F3N2OS2. The summed E-state index contributed by atoms with van der Waals surface area (Å²) in [4.78, 5) is 11.4. The lowest BCUT2D eigenvalue weighted by atomic mass is 10.0. The molecule has 0 saturated carbocycles. The normalized spacial score (nSPS) is 25.1. The summed E-state index contributed by atoms with van der Waals surface area (Å²) in [6, 6.07) is 0. The van der Waals surface area contributed by atoms with Crippen molar-refractivity contribution in [2.75, 3.05) is 23.8 Å². The van der Waals surface area contributed by atoms with Gasteiger partial charge >= 0.3 is 6.18 Å². The Kier molecular flexibility index (Phi) is 5.03. The van der Waals surface area contributed by atoms with Crippen molar-refractivity contribution in [1.82, 2.24) is 5.32 Å². The van der Waals surface area contributed by atoms with Crippen LogP contribution in [0.3, 0.4) is 0 Å². The summed E-state index contributed by atoms with van der Waals surface area (Å²) in [5, 5.41) is 2.45. The quantitative estimate of drug-likeness (QED) is 0.820. The molecule has 1 heterocycles. The van der Waals surface area contributed by atoms with Gasteiger partial charge in [-0.15, -0.1) is 0 Å². The number of rotatable bonds is 3. The Balaban J connectivity index is 2.43. The standard InChI is InChI=1S/C9H15F3N2OS2/c1-8(13,9(10,11)12)7(15)14-4-6-5-16-2-3-17-6/h6H,2-5,13H2,1H3,(H,14,15). The summed E-state index contributed by atoms with van der Waals surface area (Å²) in [5.41, 5.74) is 2.18. The van der Waals surface area contributed by atoms with Crippen LogP contribution in [-0.2, 0) is 4.79 Å². The molecule has 1 rings (SSSR count). The zero-order valence-corrected chi connectivity index (χ0v) is 11.0. The largest absolute Gasteiger partial charge is 0.415 e. The Hall–Kier alpha value is -0.0800. The number of alkyl halides is 3. The first kappa shape index (κ1) is 15.0. The maximum Gasteiger partial charge on any atom is 0.415 e. The van der Waals surface area contributed by atoms with Crippen LogP contribution in [-0.4, -0.2) is 46.7 Å². The van der Waals surface area contributed by atoms with Gasteiger partial charge in [0.2, 0.25) is 5.91 Å². The third kappa shape index (κ3) is 3.96. The number of nitrogens with one attached hydrogen (secondary N) is 1. The first-order valence-corrected chi connectivity index (χ1v) is 7.28. The number of hydrogen-bond donors (Lipinski definition) is 2. The third-order valence-electron chi connectivity index (χ3n) is 2.44. The highest BCUT2D eigenvalue weighted by Gasteiger charge is 2.53. The molecule has 1 saturated heterocycles. The molecule has 1 aliphatic heterocycles. The monoisotopic (exact) mass is 288 g/mol. The average molecular weight is 288 g/mol. The molecule has 17 heavy (non-hydrogen) atoms. The minimum absolute atomic E-state index is 0.168. The van der Waals surface area contributed by atoms with E-state index in [1.165, 1.54) is 0 Å². The summed E-state index contributed by atoms with van der Waals surface area (Å²) in [7, 11) is 0. The molecule has 2 unspecified atom stereocenters. The lowest BCUT2D eigenvalue weighted by Crippen LogP contribution is -2.62. The minimum atomic E-state index is -4.73. The number of nitrogens with two attached hydrogens (primary N) is 1. The summed E-state index contributed by atoms with van der Waals surface area (Å²) in [6.45, 7) is 0.921. The molecule has 0 aromatic carbocycles. The second kappa shape index (κ2) is 5.71. The Morgan fingerprint density at radius 2 is 2.12 bits per heavy atom. The van der Waals surface area contributed by atoms with Crippen molar-refractivity contribution in [3.8, 4) is 0 Å². The van der Waals surface area contributed by atoms with E-state index in [9.17, 15) is 18.0 Å². The van der Waals surface area contributed by atoms with E-state index in [0.717, 1.165) is 17.3 Å². The highest BCUT2D eigenvalue weighted by Crippen LogP contribution is 2.28. The van der Waals surface area contributed by atoms with E-state index < -0.39 is 17.6 Å². The van der Waals surface area contributed by atoms with Gasteiger partial charge in [-0.2, -0.15) is 36.7 Å². The van der Waals surface area contributed by atoms with E-state index in [0.29, 0.717) is 6.92 Å². The molecule has 0 aromatic rings. The number of amides is 1. The molecule has 100 valence electrons. The zero-order chi connectivity index (χ0) is 13.1. The van der Waals surface area contributed by atoms with Gasteiger partial charge in [-0.05, 0) is 6.92 Å². The van der Waals surface area contributed by atoms with Gasteiger partial charge in [0, 0.05) is 29.1 Å². The second-order valence-electron chi connectivity index (χ2n) is 3.98. The average Bonchev–Trinajstić information content (AvgIpc) is 2.25. The van der Waals surface area contributed by atoms with Gasteiger partial charge in [0.25, 0.3) is 0 Å². The molecule has 8 heteroatoms. The van der Waals surface area contributed by atoms with E-state index in [-0.39, 0.29) is 11.8 Å². The summed E-state index contributed by atoms with van der Waals surface area (Å²) < 4.78 is 37.4. The highest BCUT2D eigenvalue weighted by molar-refractivity contribution is 8.06. The van der Waals surface area contributed by atoms with Crippen molar-refractivity contribution >= 4 is 29.4 Å². The fourth-order valence-electron chi connectivity index (χ4n) is 1.17. The van der Waals surface area contributed by atoms with Crippen LogP contribution in [0.1, 0.15) is 6.92 Å². The van der Waals surface area contributed by atoms with Gasteiger partial charge < -0.3 is 11.1 Å². The van der Waals surface area contributed by atoms with Crippen LogP contribution >= 0.6 is 23.5 Å². The first-order chi connectivity index (χ1) is 7.75. The van der Waals surface area contributed by atoms with Crippen LogP contribution < -0.4 is 11.1 Å². The van der Waals surface area contributed by atoms with Gasteiger partial charge in [0.15, 0.2) is 5.54 Å². The molecular weight excluding hydrogens is 273 g/mol. The Morgan fingerprint density at radius 1 is 1.47 bits per heavy atom. The Morgan fingerprint density at radius 3 is 2.59 bits per heavy atom. The fourth-order valence-corrected chi connectivity index (χ4v) is 3.79. The number of thioether (sulfide) groups is 2. The summed E-state index contributed by atoms with van der Waals surface area (Å²) in [5.74, 6) is 1.69. The van der Waals surface area contributed by atoms with Crippen LogP contribution in [0.25, 0.3) is 0 Å². The van der Waals surface area contributed by atoms with Crippen LogP contribution in [0.5, 0.6) is 0 Å². The third-order valence-corrected chi connectivity index (χ3v) is 5.28. The molecule has 0 aromatic heterocycles. The van der Waals surface area contributed by atoms with Gasteiger partial charge in [-0.25, -0.2) is 0 Å². The lowest BCUT2D eigenvalue weighted by Gasteiger charge is -2.28. The smallest absolute Gasteiger partial charge is 0.353 e. The van der Waals surface area contributed by atoms with E-state index >= 15 is 0 Å².